The second-order valence-electron chi connectivity index (χ2n) is 6.88. The molecule has 1 fully saturated rings. The van der Waals surface area contributed by atoms with Gasteiger partial charge in [-0.05, 0) is 24.8 Å². The van der Waals surface area contributed by atoms with Crippen molar-refractivity contribution in [3.63, 3.8) is 0 Å². The highest BCUT2D eigenvalue weighted by atomic mass is 16.4. The van der Waals surface area contributed by atoms with Crippen molar-refractivity contribution in [1.82, 2.24) is 10.2 Å². The molecule has 0 aromatic heterocycles. The third-order valence-electron chi connectivity index (χ3n) is 4.41. The van der Waals surface area contributed by atoms with Crippen LogP contribution in [0.4, 0.5) is 0 Å². The Morgan fingerprint density at radius 2 is 1.90 bits per heavy atom. The SMILES string of the molecule is CCN(CC(=O)O)C1CC(NC(=O)C(C)C(C)(C)C)C1. The zero-order chi connectivity index (χ0) is 15.5. The van der Waals surface area contributed by atoms with Crippen LogP contribution in [0.1, 0.15) is 47.5 Å². The van der Waals surface area contributed by atoms with Crippen molar-refractivity contribution >= 4 is 11.9 Å². The van der Waals surface area contributed by atoms with Crippen LogP contribution < -0.4 is 5.32 Å². The molecule has 0 saturated heterocycles. The number of rotatable bonds is 6. The van der Waals surface area contributed by atoms with Gasteiger partial charge in [-0.1, -0.05) is 34.6 Å². The van der Waals surface area contributed by atoms with Gasteiger partial charge in [0.1, 0.15) is 0 Å². The lowest BCUT2D eigenvalue weighted by atomic mass is 9.80. The fourth-order valence-corrected chi connectivity index (χ4v) is 2.40. The van der Waals surface area contributed by atoms with Gasteiger partial charge < -0.3 is 10.4 Å². The van der Waals surface area contributed by atoms with Crippen molar-refractivity contribution in [1.29, 1.82) is 0 Å². The fourth-order valence-electron chi connectivity index (χ4n) is 2.40. The van der Waals surface area contributed by atoms with E-state index in [0.29, 0.717) is 0 Å². The summed E-state index contributed by atoms with van der Waals surface area (Å²) in [6, 6.07) is 0.478. The van der Waals surface area contributed by atoms with E-state index < -0.39 is 5.97 Å². The van der Waals surface area contributed by atoms with Gasteiger partial charge in [0.15, 0.2) is 0 Å². The van der Waals surface area contributed by atoms with Gasteiger partial charge in [-0.3, -0.25) is 14.5 Å². The molecule has 0 radical (unpaired) electrons. The molecule has 5 heteroatoms. The van der Waals surface area contributed by atoms with E-state index in [4.69, 9.17) is 5.11 Å². The van der Waals surface area contributed by atoms with E-state index in [9.17, 15) is 9.59 Å². The van der Waals surface area contributed by atoms with E-state index in [0.717, 1.165) is 19.4 Å². The summed E-state index contributed by atoms with van der Waals surface area (Å²) in [6.45, 7) is 10.9. The van der Waals surface area contributed by atoms with Gasteiger partial charge in [0.25, 0.3) is 0 Å². The quantitative estimate of drug-likeness (QED) is 0.779. The number of likely N-dealkylation sites (N-methyl/N-ethyl adjacent to an activating group) is 1. The highest BCUT2D eigenvalue weighted by Gasteiger charge is 2.36. The maximum atomic E-state index is 12.1. The van der Waals surface area contributed by atoms with E-state index in [1.807, 2.05) is 18.7 Å². The molecule has 0 heterocycles. The number of amides is 1. The largest absolute Gasteiger partial charge is 0.480 e. The highest BCUT2D eigenvalue weighted by molar-refractivity contribution is 5.79. The molecule has 0 aromatic carbocycles. The molecule has 1 saturated carbocycles. The van der Waals surface area contributed by atoms with Crippen LogP contribution in [-0.4, -0.2) is 47.1 Å². The average molecular weight is 284 g/mol. The number of nitrogens with zero attached hydrogens (tertiary/aromatic N) is 1. The third kappa shape index (κ3) is 4.47. The molecule has 0 aromatic rings. The first-order valence-electron chi connectivity index (χ1n) is 7.41. The summed E-state index contributed by atoms with van der Waals surface area (Å²) in [5.41, 5.74) is -0.0357. The zero-order valence-electron chi connectivity index (χ0n) is 13.3. The van der Waals surface area contributed by atoms with E-state index in [-0.39, 0.29) is 35.9 Å². The lowest BCUT2D eigenvalue weighted by Crippen LogP contribution is -2.56. The first-order valence-corrected chi connectivity index (χ1v) is 7.41. The Bertz CT molecular complexity index is 357. The van der Waals surface area contributed by atoms with Gasteiger partial charge in [-0.15, -0.1) is 0 Å². The first kappa shape index (κ1) is 17.0. The lowest BCUT2D eigenvalue weighted by Gasteiger charge is -2.43. The molecule has 2 N–H and O–H groups in total. The summed E-state index contributed by atoms with van der Waals surface area (Å²) in [7, 11) is 0. The molecule has 1 rings (SSSR count). The van der Waals surface area contributed by atoms with Gasteiger partial charge in [-0.2, -0.15) is 0 Å². The zero-order valence-corrected chi connectivity index (χ0v) is 13.3. The minimum Gasteiger partial charge on any atom is -0.480 e. The normalized spacial score (nSPS) is 24.1. The number of carboxylic acids is 1. The summed E-state index contributed by atoms with van der Waals surface area (Å²) in [5.74, 6) is -0.717. The van der Waals surface area contributed by atoms with E-state index in [1.165, 1.54) is 0 Å². The molecule has 0 spiro atoms. The standard InChI is InChI=1S/C15H28N2O3/c1-6-17(9-13(18)19)12-7-11(8-12)16-14(20)10(2)15(3,4)5/h10-12H,6-9H2,1-5H3,(H,16,20)(H,18,19). The van der Waals surface area contributed by atoms with E-state index in [2.05, 4.69) is 26.1 Å². The number of carbonyl (C=O) groups excluding carboxylic acids is 1. The van der Waals surface area contributed by atoms with Crippen LogP contribution in [-0.2, 0) is 9.59 Å². The molecule has 116 valence electrons. The number of aliphatic carboxylic acids is 1. The number of carboxylic acid groups (broad SMARTS) is 1. The Morgan fingerprint density at radius 3 is 2.30 bits per heavy atom. The van der Waals surface area contributed by atoms with Gasteiger partial charge in [-0.25, -0.2) is 0 Å². The Morgan fingerprint density at radius 1 is 1.35 bits per heavy atom. The van der Waals surface area contributed by atoms with Crippen LogP contribution in [0.5, 0.6) is 0 Å². The van der Waals surface area contributed by atoms with Crippen LogP contribution in [0.25, 0.3) is 0 Å². The monoisotopic (exact) mass is 284 g/mol. The van der Waals surface area contributed by atoms with Crippen LogP contribution in [0, 0.1) is 11.3 Å². The van der Waals surface area contributed by atoms with Gasteiger partial charge in [0.05, 0.1) is 6.54 Å². The van der Waals surface area contributed by atoms with E-state index in [1.54, 1.807) is 0 Å². The molecular weight excluding hydrogens is 256 g/mol. The van der Waals surface area contributed by atoms with Crippen molar-refractivity contribution in [2.45, 2.75) is 59.5 Å². The number of hydrogen-bond donors (Lipinski definition) is 2. The van der Waals surface area contributed by atoms with Crippen molar-refractivity contribution in [2.24, 2.45) is 11.3 Å². The maximum absolute atomic E-state index is 12.1. The smallest absolute Gasteiger partial charge is 0.317 e. The van der Waals surface area contributed by atoms with Crippen LogP contribution in [0.15, 0.2) is 0 Å². The third-order valence-corrected chi connectivity index (χ3v) is 4.41. The molecular formula is C15H28N2O3. The summed E-state index contributed by atoms with van der Waals surface area (Å²) in [6.07, 6.45) is 1.70. The molecule has 1 aliphatic carbocycles. The van der Waals surface area contributed by atoms with Crippen molar-refractivity contribution in [2.75, 3.05) is 13.1 Å². The summed E-state index contributed by atoms with van der Waals surface area (Å²) in [4.78, 5) is 24.8. The summed E-state index contributed by atoms with van der Waals surface area (Å²) >= 11 is 0. The lowest BCUT2D eigenvalue weighted by molar-refractivity contribution is -0.140. The molecule has 5 nitrogen and oxygen atoms in total. The predicted molar refractivity (Wildman–Crippen MR) is 78.5 cm³/mol. The Kier molecular flexibility index (Phi) is 5.57. The number of hydrogen-bond acceptors (Lipinski definition) is 3. The Hall–Kier alpha value is -1.10. The number of carbonyl (C=O) groups is 2. The molecule has 0 aliphatic heterocycles. The summed E-state index contributed by atoms with van der Waals surface area (Å²) < 4.78 is 0. The molecule has 1 atom stereocenters. The molecule has 1 amide bonds. The topological polar surface area (TPSA) is 69.6 Å². The minimum atomic E-state index is -0.791. The average Bonchev–Trinajstić information content (AvgIpc) is 2.27. The van der Waals surface area contributed by atoms with Crippen molar-refractivity contribution in [3.05, 3.63) is 0 Å². The second kappa shape index (κ2) is 6.57. The van der Waals surface area contributed by atoms with Crippen LogP contribution in [0.2, 0.25) is 0 Å². The predicted octanol–water partition coefficient (Wildman–Crippen LogP) is 1.72. The molecule has 0 bridgehead atoms. The molecule has 1 aliphatic rings. The Balaban J connectivity index is 2.38. The highest BCUT2D eigenvalue weighted by Crippen LogP contribution is 2.29. The number of nitrogens with one attached hydrogen (secondary N) is 1. The fraction of sp³-hybridized carbons (Fsp3) is 0.867. The summed E-state index contributed by atoms with van der Waals surface area (Å²) in [5, 5.41) is 11.9. The van der Waals surface area contributed by atoms with Crippen LogP contribution in [0.3, 0.4) is 0 Å². The maximum Gasteiger partial charge on any atom is 0.317 e. The van der Waals surface area contributed by atoms with Crippen LogP contribution >= 0.6 is 0 Å². The second-order valence-corrected chi connectivity index (χ2v) is 6.88. The van der Waals surface area contributed by atoms with Crippen molar-refractivity contribution in [3.8, 4) is 0 Å². The van der Waals surface area contributed by atoms with E-state index >= 15 is 0 Å². The minimum absolute atomic E-state index is 0.0251. The van der Waals surface area contributed by atoms with Gasteiger partial charge in [0, 0.05) is 18.0 Å². The van der Waals surface area contributed by atoms with Gasteiger partial charge >= 0.3 is 5.97 Å². The van der Waals surface area contributed by atoms with Crippen molar-refractivity contribution < 1.29 is 14.7 Å². The molecule has 1 unspecified atom stereocenters. The Labute approximate surface area is 121 Å². The first-order chi connectivity index (χ1) is 9.15. The molecule has 20 heavy (non-hydrogen) atoms. The van der Waals surface area contributed by atoms with Gasteiger partial charge in [0.2, 0.25) is 5.91 Å².